The molecule has 12 nitrogen and oxygen atoms in total. The van der Waals surface area contributed by atoms with Crippen LogP contribution in [0.4, 0.5) is 23.3 Å². The second kappa shape index (κ2) is 33.0. The summed E-state index contributed by atoms with van der Waals surface area (Å²) in [4.78, 5) is 61.6. The van der Waals surface area contributed by atoms with Crippen molar-refractivity contribution < 1.29 is 28.7 Å². The lowest BCUT2D eigenvalue weighted by Gasteiger charge is -2.26. The zero-order valence-electron chi connectivity index (χ0n) is 36.3. The Morgan fingerprint density at radius 3 is 1.03 bits per heavy atom. The van der Waals surface area contributed by atoms with Crippen LogP contribution >= 0.6 is 0 Å². The van der Waals surface area contributed by atoms with Crippen LogP contribution in [0.15, 0.2) is 36.4 Å². The van der Waals surface area contributed by atoms with Crippen molar-refractivity contribution in [1.29, 1.82) is 0 Å². The number of rotatable bonds is 35. The Morgan fingerprint density at radius 2 is 0.724 bits per heavy atom. The Bertz CT molecular complexity index is 1320. The molecule has 2 rings (SSSR count). The van der Waals surface area contributed by atoms with E-state index in [1.165, 1.54) is 77.0 Å². The first-order chi connectivity index (χ1) is 28.3. The number of unbranched alkanes of at least 4 members (excludes halogenated alkanes) is 18. The van der Waals surface area contributed by atoms with Gasteiger partial charge in [0, 0.05) is 26.1 Å². The molecule has 4 N–H and O–H groups in total. The van der Waals surface area contributed by atoms with Crippen LogP contribution in [-0.2, 0) is 28.7 Å². The van der Waals surface area contributed by atoms with Crippen LogP contribution in [0.2, 0.25) is 0 Å². The molecule has 2 aromatic rings. The number of pyridine rings is 2. The molecule has 0 saturated heterocycles. The fourth-order valence-corrected chi connectivity index (χ4v) is 6.61. The van der Waals surface area contributed by atoms with Gasteiger partial charge in [-0.1, -0.05) is 155 Å². The van der Waals surface area contributed by atoms with Gasteiger partial charge in [-0.3, -0.25) is 19.2 Å². The minimum atomic E-state index is -1.31. The first-order valence-corrected chi connectivity index (χ1v) is 22.7. The van der Waals surface area contributed by atoms with Gasteiger partial charge in [0.1, 0.15) is 23.3 Å². The highest BCUT2D eigenvalue weighted by molar-refractivity contribution is 6.02. The molecule has 0 aromatic carbocycles. The van der Waals surface area contributed by atoms with Crippen molar-refractivity contribution in [2.75, 3.05) is 34.5 Å². The predicted molar refractivity (Wildman–Crippen MR) is 236 cm³/mol. The quantitative estimate of drug-likeness (QED) is 0.0501. The fraction of sp³-hybridized carbons (Fsp3) is 0.696. The number of hydrogen-bond donors (Lipinski definition) is 4. The van der Waals surface area contributed by atoms with E-state index < -0.39 is 24.0 Å². The maximum Gasteiger partial charge on any atom is 0.257 e. The summed E-state index contributed by atoms with van der Waals surface area (Å²) in [5, 5.41) is 11.1. The number of nitrogens with one attached hydrogen (secondary N) is 4. The normalized spacial score (nSPS) is 12.1. The van der Waals surface area contributed by atoms with Gasteiger partial charge in [0.05, 0.1) is 0 Å². The van der Waals surface area contributed by atoms with Crippen LogP contribution in [0.5, 0.6) is 0 Å². The first kappa shape index (κ1) is 50.2. The minimum Gasteiger partial charge on any atom is -0.365 e. The summed E-state index contributed by atoms with van der Waals surface area (Å²) >= 11 is 0. The summed E-state index contributed by atoms with van der Waals surface area (Å²) in [5.41, 5.74) is 0. The molecule has 2 atom stereocenters. The van der Waals surface area contributed by atoms with E-state index in [1.807, 2.05) is 13.8 Å². The molecule has 0 radical (unpaired) electrons. The number of hydrogen-bond acceptors (Lipinski definition) is 8. The molecule has 4 amide bonds. The van der Waals surface area contributed by atoms with Crippen LogP contribution < -0.4 is 21.3 Å². The molecule has 0 aliphatic rings. The van der Waals surface area contributed by atoms with Crippen molar-refractivity contribution in [2.45, 2.75) is 194 Å². The first-order valence-electron chi connectivity index (χ1n) is 22.7. The molecular weight excluding hydrogens is 733 g/mol. The second-order valence-corrected chi connectivity index (χ2v) is 15.3. The summed E-state index contributed by atoms with van der Waals surface area (Å²) in [5.74, 6) is -0.491. The van der Waals surface area contributed by atoms with Gasteiger partial charge in [-0.05, 0) is 49.9 Å². The van der Waals surface area contributed by atoms with E-state index in [0.29, 0.717) is 37.3 Å². The molecule has 2 heterocycles. The Morgan fingerprint density at radius 1 is 0.431 bits per heavy atom. The SMILES string of the molecule is CCCCCCCCCCCCO[C@H](C(=O)Nc1cccc(NC(=O)CCC)n1)[C@H](OCCCCCCCCCCCC)C(=O)Nc1cccc(NC(=O)CCC)n1. The maximum atomic E-state index is 14.1. The zero-order chi connectivity index (χ0) is 42.1. The molecule has 0 aliphatic carbocycles. The van der Waals surface area contributed by atoms with E-state index in [-0.39, 0.29) is 36.7 Å². The van der Waals surface area contributed by atoms with Gasteiger partial charge >= 0.3 is 0 Å². The number of nitrogens with zero attached hydrogens (tertiary/aromatic N) is 2. The van der Waals surface area contributed by atoms with Gasteiger partial charge in [0.15, 0.2) is 12.2 Å². The van der Waals surface area contributed by atoms with Crippen molar-refractivity contribution in [1.82, 2.24) is 9.97 Å². The molecule has 12 heteroatoms. The topological polar surface area (TPSA) is 161 Å². The minimum absolute atomic E-state index is 0.170. The van der Waals surface area contributed by atoms with E-state index in [0.717, 1.165) is 51.4 Å². The molecule has 0 fully saturated rings. The Hall–Kier alpha value is -3.90. The van der Waals surface area contributed by atoms with Gasteiger partial charge in [-0.25, -0.2) is 9.97 Å². The van der Waals surface area contributed by atoms with Crippen molar-refractivity contribution in [3.05, 3.63) is 36.4 Å². The lowest BCUT2D eigenvalue weighted by atomic mass is 10.1. The smallest absolute Gasteiger partial charge is 0.257 e. The van der Waals surface area contributed by atoms with E-state index in [9.17, 15) is 19.2 Å². The van der Waals surface area contributed by atoms with Crippen molar-refractivity contribution in [3.63, 3.8) is 0 Å². The molecule has 0 unspecified atom stereocenters. The Labute approximate surface area is 349 Å². The largest absolute Gasteiger partial charge is 0.365 e. The van der Waals surface area contributed by atoms with Crippen molar-refractivity contribution >= 4 is 46.9 Å². The average molecular weight is 809 g/mol. The molecule has 0 aliphatic heterocycles. The Kier molecular flexibility index (Phi) is 28.6. The van der Waals surface area contributed by atoms with Crippen LogP contribution in [0, 0.1) is 0 Å². The summed E-state index contributed by atoms with van der Waals surface area (Å²) in [6.07, 6.45) is 22.5. The highest BCUT2D eigenvalue weighted by Crippen LogP contribution is 2.19. The predicted octanol–water partition coefficient (Wildman–Crippen LogP) is 11.1. The number of amides is 4. The molecule has 326 valence electrons. The van der Waals surface area contributed by atoms with Crippen LogP contribution in [0.3, 0.4) is 0 Å². The monoisotopic (exact) mass is 809 g/mol. The maximum absolute atomic E-state index is 14.1. The molecule has 2 aromatic heterocycles. The van der Waals surface area contributed by atoms with E-state index in [1.54, 1.807) is 36.4 Å². The van der Waals surface area contributed by atoms with E-state index in [2.05, 4.69) is 45.1 Å². The molecule has 0 bridgehead atoms. The highest BCUT2D eigenvalue weighted by Gasteiger charge is 2.36. The summed E-state index contributed by atoms with van der Waals surface area (Å²) < 4.78 is 12.6. The van der Waals surface area contributed by atoms with Gasteiger partial charge in [0.25, 0.3) is 11.8 Å². The zero-order valence-corrected chi connectivity index (χ0v) is 36.3. The highest BCUT2D eigenvalue weighted by atomic mass is 16.5. The standard InChI is InChI=1S/C46H76N6O6/c1-5-9-11-13-15-17-19-21-23-25-35-57-43(45(55)51-39-33-27-31-37(47-39)49-41(53)29-7-3)44(58-36-26-24-22-20-18-16-14-12-10-6-2)46(56)52-40-34-28-32-38(48-40)50-42(54)30-8-4/h27-28,31-34,43-44H,5-26,29-30,35-36H2,1-4H3,(H2,47,49,51,53,55)(H2,48,50,52,54,56)/t43-,44-/m0/s1. The molecule has 58 heavy (non-hydrogen) atoms. The molecular formula is C46H76N6O6. The number of anilines is 4. The summed E-state index contributed by atoms with van der Waals surface area (Å²) in [7, 11) is 0. The number of carbonyl (C=O) groups is 4. The van der Waals surface area contributed by atoms with Gasteiger partial charge in [0.2, 0.25) is 11.8 Å². The number of carbonyl (C=O) groups excluding carboxylic acids is 4. The van der Waals surface area contributed by atoms with E-state index >= 15 is 0 Å². The third-order valence-corrected chi connectivity index (χ3v) is 9.87. The van der Waals surface area contributed by atoms with Gasteiger partial charge in [-0.15, -0.1) is 0 Å². The van der Waals surface area contributed by atoms with Crippen LogP contribution in [0.1, 0.15) is 182 Å². The lowest BCUT2D eigenvalue weighted by molar-refractivity contribution is -0.151. The third kappa shape index (κ3) is 23.5. The lowest BCUT2D eigenvalue weighted by Crippen LogP contribution is -2.48. The van der Waals surface area contributed by atoms with Gasteiger partial charge < -0.3 is 30.7 Å². The third-order valence-electron chi connectivity index (χ3n) is 9.87. The second-order valence-electron chi connectivity index (χ2n) is 15.3. The molecule has 0 saturated carbocycles. The Balaban J connectivity index is 2.21. The fourth-order valence-electron chi connectivity index (χ4n) is 6.61. The van der Waals surface area contributed by atoms with Gasteiger partial charge in [-0.2, -0.15) is 0 Å². The van der Waals surface area contributed by atoms with Crippen LogP contribution in [-0.4, -0.2) is 59.0 Å². The van der Waals surface area contributed by atoms with Crippen molar-refractivity contribution in [3.8, 4) is 0 Å². The van der Waals surface area contributed by atoms with Crippen molar-refractivity contribution in [2.24, 2.45) is 0 Å². The number of aromatic nitrogens is 2. The summed E-state index contributed by atoms with van der Waals surface area (Å²) in [6, 6.07) is 9.92. The average Bonchev–Trinajstić information content (AvgIpc) is 3.19. The number of ether oxygens (including phenoxy) is 2. The van der Waals surface area contributed by atoms with E-state index in [4.69, 9.17) is 9.47 Å². The summed E-state index contributed by atoms with van der Waals surface area (Å²) in [6.45, 7) is 8.82. The van der Waals surface area contributed by atoms with Crippen LogP contribution in [0.25, 0.3) is 0 Å². The molecule has 0 spiro atoms.